The van der Waals surface area contributed by atoms with Crippen LogP contribution < -0.4 is 5.73 Å². The van der Waals surface area contributed by atoms with Gasteiger partial charge in [-0.2, -0.15) is 0 Å². The van der Waals surface area contributed by atoms with E-state index in [1.54, 1.807) is 0 Å². The Hall–Kier alpha value is -1.39. The van der Waals surface area contributed by atoms with E-state index in [9.17, 15) is 4.79 Å². The number of carbonyl (C=O) groups excluding carboxylic acids is 1. The number of carbonyl (C=O) groups is 1. The van der Waals surface area contributed by atoms with Crippen LogP contribution in [-0.4, -0.2) is 47.4 Å². The van der Waals surface area contributed by atoms with Gasteiger partial charge in [0.25, 0.3) is 0 Å². The van der Waals surface area contributed by atoms with E-state index < -0.39 is 0 Å². The van der Waals surface area contributed by atoms with Crippen LogP contribution in [0.25, 0.3) is 0 Å². The highest BCUT2D eigenvalue weighted by Crippen LogP contribution is 2.31. The van der Waals surface area contributed by atoms with Gasteiger partial charge in [0.05, 0.1) is 6.54 Å². The Morgan fingerprint density at radius 1 is 1.17 bits per heavy atom. The number of hydrogen-bond acceptors (Lipinski definition) is 3. The molecule has 4 nitrogen and oxygen atoms in total. The van der Waals surface area contributed by atoms with E-state index in [1.807, 2.05) is 6.07 Å². The van der Waals surface area contributed by atoms with Gasteiger partial charge in [0.15, 0.2) is 0 Å². The van der Waals surface area contributed by atoms with Gasteiger partial charge in [-0.15, -0.1) is 0 Å². The average molecular weight is 245 g/mol. The standard InChI is InChI=1S/C14H19N3O/c15-14(18)10-17-9-12-6-13(17)8-16(12)7-11-4-2-1-3-5-11/h1-5,12-13H,6-10H2,(H2,15,18). The molecule has 96 valence electrons. The van der Waals surface area contributed by atoms with Crippen LogP contribution >= 0.6 is 0 Å². The molecule has 2 unspecified atom stereocenters. The molecule has 2 bridgehead atoms. The maximum atomic E-state index is 11.0. The SMILES string of the molecule is NC(=O)CN1CC2CC1CN2Cc1ccccc1. The molecule has 2 atom stereocenters. The molecule has 0 spiro atoms. The van der Waals surface area contributed by atoms with E-state index in [0.717, 1.165) is 19.6 Å². The predicted molar refractivity (Wildman–Crippen MR) is 69.8 cm³/mol. The molecule has 2 fully saturated rings. The fourth-order valence-corrected chi connectivity index (χ4v) is 3.24. The number of fused-ring (bicyclic) bond motifs is 2. The van der Waals surface area contributed by atoms with Crippen LogP contribution in [0.4, 0.5) is 0 Å². The number of rotatable bonds is 4. The van der Waals surface area contributed by atoms with Crippen molar-refractivity contribution in [3.63, 3.8) is 0 Å². The van der Waals surface area contributed by atoms with E-state index in [1.165, 1.54) is 12.0 Å². The van der Waals surface area contributed by atoms with Gasteiger partial charge in [-0.05, 0) is 12.0 Å². The van der Waals surface area contributed by atoms with Gasteiger partial charge < -0.3 is 5.73 Å². The lowest BCUT2D eigenvalue weighted by atomic mass is 10.2. The zero-order valence-corrected chi connectivity index (χ0v) is 10.5. The maximum Gasteiger partial charge on any atom is 0.231 e. The first-order chi connectivity index (χ1) is 8.72. The number of primary amides is 1. The third-order valence-corrected chi connectivity index (χ3v) is 4.05. The fourth-order valence-electron chi connectivity index (χ4n) is 3.24. The molecule has 3 rings (SSSR count). The molecular formula is C14H19N3O. The van der Waals surface area contributed by atoms with Crippen molar-refractivity contribution in [2.45, 2.75) is 25.0 Å². The number of benzene rings is 1. The Bertz CT molecular complexity index is 434. The van der Waals surface area contributed by atoms with E-state index in [0.29, 0.717) is 18.6 Å². The molecule has 1 aromatic rings. The predicted octanol–water partition coefficient (Wildman–Crippen LogP) is 0.430. The molecule has 4 heteroatoms. The summed E-state index contributed by atoms with van der Waals surface area (Å²) in [7, 11) is 0. The molecule has 2 N–H and O–H groups in total. The minimum atomic E-state index is -0.211. The van der Waals surface area contributed by atoms with Crippen LogP contribution in [-0.2, 0) is 11.3 Å². The number of piperazine rings is 1. The van der Waals surface area contributed by atoms with Crippen molar-refractivity contribution in [3.8, 4) is 0 Å². The van der Waals surface area contributed by atoms with E-state index in [-0.39, 0.29) is 5.91 Å². The second-order valence-electron chi connectivity index (χ2n) is 5.35. The van der Waals surface area contributed by atoms with E-state index in [4.69, 9.17) is 5.73 Å². The minimum Gasteiger partial charge on any atom is -0.369 e. The van der Waals surface area contributed by atoms with Gasteiger partial charge in [-0.3, -0.25) is 14.6 Å². The molecule has 2 saturated heterocycles. The number of likely N-dealkylation sites (tertiary alicyclic amines) is 2. The molecule has 0 radical (unpaired) electrons. The monoisotopic (exact) mass is 245 g/mol. The van der Waals surface area contributed by atoms with Crippen molar-refractivity contribution >= 4 is 5.91 Å². The van der Waals surface area contributed by atoms with Crippen molar-refractivity contribution in [1.82, 2.24) is 9.80 Å². The van der Waals surface area contributed by atoms with Gasteiger partial charge in [0, 0.05) is 31.7 Å². The van der Waals surface area contributed by atoms with Crippen LogP contribution in [0.1, 0.15) is 12.0 Å². The zero-order valence-electron chi connectivity index (χ0n) is 10.5. The highest BCUT2D eigenvalue weighted by molar-refractivity contribution is 5.76. The molecule has 18 heavy (non-hydrogen) atoms. The lowest BCUT2D eigenvalue weighted by Gasteiger charge is -2.33. The number of amides is 1. The molecule has 2 aliphatic rings. The van der Waals surface area contributed by atoms with E-state index >= 15 is 0 Å². The second-order valence-corrected chi connectivity index (χ2v) is 5.35. The molecule has 1 aromatic carbocycles. The zero-order chi connectivity index (χ0) is 12.5. The number of hydrogen-bond donors (Lipinski definition) is 1. The van der Waals surface area contributed by atoms with Crippen LogP contribution in [0, 0.1) is 0 Å². The first kappa shape index (κ1) is 11.7. The third kappa shape index (κ3) is 2.26. The normalized spacial score (nSPS) is 27.8. The summed E-state index contributed by atoms with van der Waals surface area (Å²) in [6.07, 6.45) is 1.18. The van der Waals surface area contributed by atoms with Crippen molar-refractivity contribution in [1.29, 1.82) is 0 Å². The highest BCUT2D eigenvalue weighted by atomic mass is 16.1. The summed E-state index contributed by atoms with van der Waals surface area (Å²) >= 11 is 0. The smallest absolute Gasteiger partial charge is 0.231 e. The van der Waals surface area contributed by atoms with Gasteiger partial charge in [0.2, 0.25) is 5.91 Å². The summed E-state index contributed by atoms with van der Waals surface area (Å²) in [6.45, 7) is 3.49. The summed E-state index contributed by atoms with van der Waals surface area (Å²) in [4.78, 5) is 15.7. The molecule has 1 amide bonds. The quantitative estimate of drug-likeness (QED) is 0.837. The van der Waals surface area contributed by atoms with Crippen molar-refractivity contribution < 1.29 is 4.79 Å². The Kier molecular flexibility index (Phi) is 3.06. The summed E-state index contributed by atoms with van der Waals surface area (Å²) in [5, 5.41) is 0. The van der Waals surface area contributed by atoms with Gasteiger partial charge in [-0.25, -0.2) is 0 Å². The largest absolute Gasteiger partial charge is 0.369 e. The average Bonchev–Trinajstić information content (AvgIpc) is 2.89. The Balaban J connectivity index is 1.59. The van der Waals surface area contributed by atoms with Crippen LogP contribution in [0.15, 0.2) is 30.3 Å². The first-order valence-electron chi connectivity index (χ1n) is 6.52. The van der Waals surface area contributed by atoms with Crippen molar-refractivity contribution in [2.75, 3.05) is 19.6 Å². The summed E-state index contributed by atoms with van der Waals surface area (Å²) in [5.74, 6) is -0.211. The summed E-state index contributed by atoms with van der Waals surface area (Å²) < 4.78 is 0. The Morgan fingerprint density at radius 3 is 2.44 bits per heavy atom. The highest BCUT2D eigenvalue weighted by Gasteiger charge is 2.43. The van der Waals surface area contributed by atoms with Crippen LogP contribution in [0.3, 0.4) is 0 Å². The van der Waals surface area contributed by atoms with E-state index in [2.05, 4.69) is 34.1 Å². The summed E-state index contributed by atoms with van der Waals surface area (Å²) in [5.41, 5.74) is 6.64. The lowest BCUT2D eigenvalue weighted by molar-refractivity contribution is -0.119. The van der Waals surface area contributed by atoms with Gasteiger partial charge in [-0.1, -0.05) is 30.3 Å². The molecule has 0 saturated carbocycles. The third-order valence-electron chi connectivity index (χ3n) is 4.05. The van der Waals surface area contributed by atoms with Crippen molar-refractivity contribution in [3.05, 3.63) is 35.9 Å². The van der Waals surface area contributed by atoms with Crippen LogP contribution in [0.2, 0.25) is 0 Å². The number of nitrogens with zero attached hydrogens (tertiary/aromatic N) is 2. The summed E-state index contributed by atoms with van der Waals surface area (Å²) in [6, 6.07) is 11.7. The number of nitrogens with two attached hydrogens (primary N) is 1. The van der Waals surface area contributed by atoms with Crippen LogP contribution in [0.5, 0.6) is 0 Å². The Labute approximate surface area is 107 Å². The molecular weight excluding hydrogens is 226 g/mol. The molecule has 2 heterocycles. The second kappa shape index (κ2) is 4.71. The molecule has 0 aliphatic carbocycles. The lowest BCUT2D eigenvalue weighted by Crippen LogP contribution is -2.48. The fraction of sp³-hybridized carbons (Fsp3) is 0.500. The first-order valence-corrected chi connectivity index (χ1v) is 6.52. The van der Waals surface area contributed by atoms with Crippen molar-refractivity contribution in [2.24, 2.45) is 5.73 Å². The minimum absolute atomic E-state index is 0.211. The maximum absolute atomic E-state index is 11.0. The Morgan fingerprint density at radius 2 is 1.83 bits per heavy atom. The topological polar surface area (TPSA) is 49.6 Å². The molecule has 2 aliphatic heterocycles. The van der Waals surface area contributed by atoms with Gasteiger partial charge in [0.1, 0.15) is 0 Å². The molecule has 0 aromatic heterocycles. The van der Waals surface area contributed by atoms with Gasteiger partial charge >= 0.3 is 0 Å².